The van der Waals surface area contributed by atoms with Crippen molar-refractivity contribution >= 4 is 22.4 Å². The van der Waals surface area contributed by atoms with Crippen LogP contribution in [0.4, 0.5) is 0 Å². The summed E-state index contributed by atoms with van der Waals surface area (Å²) in [5, 5.41) is 3.86. The Balaban J connectivity index is 1.98. The predicted octanol–water partition coefficient (Wildman–Crippen LogP) is 5.37. The summed E-state index contributed by atoms with van der Waals surface area (Å²) in [5.41, 5.74) is 5.34. The van der Waals surface area contributed by atoms with Crippen molar-refractivity contribution in [3.05, 3.63) is 53.8 Å². The lowest BCUT2D eigenvalue weighted by molar-refractivity contribution is -0.116. The molecule has 0 radical (unpaired) electrons. The van der Waals surface area contributed by atoms with Gasteiger partial charge in [0, 0.05) is 48.4 Å². The zero-order valence-electron chi connectivity index (χ0n) is 19.4. The molecule has 3 rings (SSSR count). The minimum absolute atomic E-state index is 0.141. The molecule has 0 aliphatic rings. The summed E-state index contributed by atoms with van der Waals surface area (Å²) in [6.07, 6.45) is 4.13. The second-order valence-corrected chi connectivity index (χ2v) is 7.53. The van der Waals surface area contributed by atoms with Crippen molar-refractivity contribution in [1.82, 2.24) is 5.32 Å². The first-order chi connectivity index (χ1) is 15.5. The molecule has 32 heavy (non-hydrogen) atoms. The minimum Gasteiger partial charge on any atom is -0.496 e. The molecule has 1 aromatic heterocycles. The molecule has 0 spiro atoms. The van der Waals surface area contributed by atoms with Crippen LogP contribution in [-0.4, -0.2) is 39.9 Å². The fourth-order valence-electron chi connectivity index (χ4n) is 3.75. The zero-order valence-corrected chi connectivity index (χ0v) is 19.4. The highest BCUT2D eigenvalue weighted by molar-refractivity contribution is 6.01. The van der Waals surface area contributed by atoms with E-state index in [4.69, 9.17) is 18.6 Å². The number of nitrogens with one attached hydrogen (secondary N) is 1. The van der Waals surface area contributed by atoms with E-state index in [1.54, 1.807) is 26.6 Å². The summed E-state index contributed by atoms with van der Waals surface area (Å²) in [6.45, 7) is 7.65. The van der Waals surface area contributed by atoms with E-state index in [2.05, 4.69) is 5.32 Å². The van der Waals surface area contributed by atoms with E-state index < -0.39 is 0 Å². The third-order valence-corrected chi connectivity index (χ3v) is 5.32. The number of hydrogen-bond acceptors (Lipinski definition) is 5. The molecule has 1 heterocycles. The van der Waals surface area contributed by atoms with Gasteiger partial charge in [0.05, 0.1) is 20.0 Å². The first-order valence-corrected chi connectivity index (χ1v) is 10.8. The molecule has 0 aliphatic heterocycles. The summed E-state index contributed by atoms with van der Waals surface area (Å²) in [4.78, 5) is 12.4. The maximum atomic E-state index is 12.4. The molecule has 0 fully saturated rings. The lowest BCUT2D eigenvalue weighted by Gasteiger charge is -2.13. The number of methoxy groups -OCH3 is 2. The van der Waals surface area contributed by atoms with E-state index in [0.717, 1.165) is 51.0 Å². The molecule has 2 aromatic carbocycles. The van der Waals surface area contributed by atoms with E-state index in [1.807, 2.05) is 51.1 Å². The number of ether oxygens (including phenoxy) is 3. The summed E-state index contributed by atoms with van der Waals surface area (Å²) < 4.78 is 22.2. The van der Waals surface area contributed by atoms with Crippen molar-refractivity contribution in [3.8, 4) is 22.6 Å². The first-order valence-electron chi connectivity index (χ1n) is 10.8. The van der Waals surface area contributed by atoms with Crippen LogP contribution in [-0.2, 0) is 9.53 Å². The molecular weight excluding hydrogens is 406 g/mol. The van der Waals surface area contributed by atoms with Gasteiger partial charge in [-0.25, -0.2) is 0 Å². The molecule has 0 atom stereocenters. The van der Waals surface area contributed by atoms with Crippen molar-refractivity contribution in [1.29, 1.82) is 0 Å². The normalized spacial score (nSPS) is 11.6. The van der Waals surface area contributed by atoms with Gasteiger partial charge in [-0.3, -0.25) is 4.79 Å². The van der Waals surface area contributed by atoms with Gasteiger partial charge in [-0.15, -0.1) is 0 Å². The summed E-state index contributed by atoms with van der Waals surface area (Å²) >= 11 is 0. The van der Waals surface area contributed by atoms with Gasteiger partial charge in [0.2, 0.25) is 5.91 Å². The number of allylic oxidation sites excluding steroid dienone is 1. The fourth-order valence-corrected chi connectivity index (χ4v) is 3.75. The Morgan fingerprint density at radius 3 is 2.59 bits per heavy atom. The first kappa shape index (κ1) is 23.4. The molecule has 0 saturated carbocycles. The molecule has 170 valence electrons. The molecule has 6 heteroatoms. The third kappa shape index (κ3) is 5.14. The van der Waals surface area contributed by atoms with E-state index in [9.17, 15) is 4.79 Å². The largest absolute Gasteiger partial charge is 0.496 e. The molecule has 3 aromatic rings. The van der Waals surface area contributed by atoms with Crippen molar-refractivity contribution in [2.24, 2.45) is 0 Å². The standard InChI is InChI=1S/C26H31NO5/c1-6-31-20-10-8-19(9-11-20)23-16-32-26-18(3)25(30-5)21(15-22(23)26)17(2)14-24(28)27-12-7-13-29-4/h8-11,14-16H,6-7,12-13H2,1-5H3,(H,27,28)/b17-14+. The lowest BCUT2D eigenvalue weighted by Crippen LogP contribution is -2.23. The molecule has 1 amide bonds. The maximum Gasteiger partial charge on any atom is 0.244 e. The van der Waals surface area contributed by atoms with Crippen LogP contribution in [0.25, 0.3) is 27.7 Å². The fraction of sp³-hybridized carbons (Fsp3) is 0.346. The Hall–Kier alpha value is -3.25. The van der Waals surface area contributed by atoms with E-state index in [-0.39, 0.29) is 5.91 Å². The van der Waals surface area contributed by atoms with Crippen LogP contribution in [0.15, 0.2) is 47.1 Å². The van der Waals surface area contributed by atoms with Crippen molar-refractivity contribution < 1.29 is 23.4 Å². The van der Waals surface area contributed by atoms with Crippen LogP contribution in [0, 0.1) is 6.92 Å². The van der Waals surface area contributed by atoms with E-state index >= 15 is 0 Å². The molecular formula is C26H31NO5. The smallest absolute Gasteiger partial charge is 0.244 e. The van der Waals surface area contributed by atoms with E-state index in [1.165, 1.54) is 0 Å². The molecule has 1 N–H and O–H groups in total. The summed E-state index contributed by atoms with van der Waals surface area (Å²) in [7, 11) is 3.28. The van der Waals surface area contributed by atoms with Gasteiger partial charge in [-0.05, 0) is 56.5 Å². The number of amides is 1. The summed E-state index contributed by atoms with van der Waals surface area (Å²) in [6, 6.07) is 9.97. The van der Waals surface area contributed by atoms with Crippen LogP contribution >= 0.6 is 0 Å². The van der Waals surface area contributed by atoms with Crippen molar-refractivity contribution in [2.75, 3.05) is 34.0 Å². The number of benzene rings is 2. The number of carbonyl (C=O) groups is 1. The summed E-state index contributed by atoms with van der Waals surface area (Å²) in [5.74, 6) is 1.39. The van der Waals surface area contributed by atoms with Crippen LogP contribution in [0.2, 0.25) is 0 Å². The molecule has 0 aliphatic carbocycles. The Kier molecular flexibility index (Phi) is 7.95. The lowest BCUT2D eigenvalue weighted by atomic mass is 9.96. The molecule has 0 unspecified atom stereocenters. The average molecular weight is 438 g/mol. The SMILES string of the molecule is CCOc1ccc(-c2coc3c(C)c(OC)c(/C(C)=C/C(=O)NCCCOC)cc23)cc1. The number of fused-ring (bicyclic) bond motifs is 1. The molecule has 0 bridgehead atoms. The Labute approximate surface area is 189 Å². The van der Waals surface area contributed by atoms with E-state index in [0.29, 0.717) is 25.5 Å². The number of aryl methyl sites for hydroxylation is 1. The van der Waals surface area contributed by atoms with Crippen molar-refractivity contribution in [3.63, 3.8) is 0 Å². The average Bonchev–Trinajstić information content (AvgIpc) is 3.22. The maximum absolute atomic E-state index is 12.4. The number of furan rings is 1. The third-order valence-electron chi connectivity index (χ3n) is 5.32. The van der Waals surface area contributed by atoms with Gasteiger partial charge >= 0.3 is 0 Å². The van der Waals surface area contributed by atoms with Crippen LogP contribution in [0.1, 0.15) is 31.4 Å². The highest BCUT2D eigenvalue weighted by atomic mass is 16.5. The highest BCUT2D eigenvalue weighted by Gasteiger charge is 2.18. The Morgan fingerprint density at radius 1 is 1.19 bits per heavy atom. The van der Waals surface area contributed by atoms with Crippen LogP contribution < -0.4 is 14.8 Å². The molecule has 0 saturated heterocycles. The topological polar surface area (TPSA) is 69.9 Å². The molecule has 6 nitrogen and oxygen atoms in total. The van der Waals surface area contributed by atoms with Crippen molar-refractivity contribution in [2.45, 2.75) is 27.2 Å². The Bertz CT molecular complexity index is 1100. The second kappa shape index (κ2) is 10.9. The Morgan fingerprint density at radius 2 is 1.94 bits per heavy atom. The van der Waals surface area contributed by atoms with Gasteiger partial charge in [0.25, 0.3) is 0 Å². The second-order valence-electron chi connectivity index (χ2n) is 7.53. The quantitative estimate of drug-likeness (QED) is 0.341. The van der Waals surface area contributed by atoms with Crippen LogP contribution in [0.3, 0.4) is 0 Å². The number of carbonyl (C=O) groups excluding carboxylic acids is 1. The zero-order chi connectivity index (χ0) is 23.1. The monoisotopic (exact) mass is 437 g/mol. The van der Waals surface area contributed by atoms with Gasteiger partial charge in [-0.1, -0.05) is 12.1 Å². The van der Waals surface area contributed by atoms with Gasteiger partial charge < -0.3 is 23.9 Å². The number of hydrogen-bond donors (Lipinski definition) is 1. The minimum atomic E-state index is -0.141. The highest BCUT2D eigenvalue weighted by Crippen LogP contribution is 2.40. The van der Waals surface area contributed by atoms with Crippen LogP contribution in [0.5, 0.6) is 11.5 Å². The van der Waals surface area contributed by atoms with Gasteiger partial charge in [0.1, 0.15) is 17.1 Å². The predicted molar refractivity (Wildman–Crippen MR) is 127 cm³/mol. The van der Waals surface area contributed by atoms with Gasteiger partial charge in [-0.2, -0.15) is 0 Å². The van der Waals surface area contributed by atoms with Gasteiger partial charge in [0.15, 0.2) is 0 Å². The number of rotatable bonds is 10.